The Kier molecular flexibility index (Phi) is 6.82. The number of benzene rings is 1. The minimum absolute atomic E-state index is 0.140. The zero-order valence-corrected chi connectivity index (χ0v) is 10.8. The Hall–Kier alpha value is -0.930. The molecule has 1 rings (SSSR count). The summed E-state index contributed by atoms with van der Waals surface area (Å²) in [5.41, 5.74) is 1.83. The van der Waals surface area contributed by atoms with Gasteiger partial charge in [-0.3, -0.25) is 0 Å². The van der Waals surface area contributed by atoms with Gasteiger partial charge in [0.25, 0.3) is 0 Å². The first-order valence-electron chi connectivity index (χ1n) is 6.27. The van der Waals surface area contributed by atoms with Gasteiger partial charge in [0, 0.05) is 6.54 Å². The van der Waals surface area contributed by atoms with E-state index in [0.29, 0.717) is 12.2 Å². The second-order valence-corrected chi connectivity index (χ2v) is 4.20. The van der Waals surface area contributed by atoms with Gasteiger partial charge in [0.15, 0.2) is 0 Å². The standard InChI is InChI=1S/C14H22FNO/c1-3-7-16-8-10-17-9-6-13-4-5-14(15)12(2)11-13/h4-5,11,16H,3,6-10H2,1-2H3. The molecule has 2 nitrogen and oxygen atoms in total. The second kappa shape index (κ2) is 8.20. The van der Waals surface area contributed by atoms with Gasteiger partial charge in [0.05, 0.1) is 13.2 Å². The van der Waals surface area contributed by atoms with E-state index in [9.17, 15) is 4.39 Å². The molecule has 0 saturated carbocycles. The van der Waals surface area contributed by atoms with Crippen molar-refractivity contribution in [1.29, 1.82) is 0 Å². The molecule has 3 heteroatoms. The lowest BCUT2D eigenvalue weighted by Crippen LogP contribution is -2.20. The van der Waals surface area contributed by atoms with E-state index in [4.69, 9.17) is 4.74 Å². The van der Waals surface area contributed by atoms with E-state index in [-0.39, 0.29) is 5.82 Å². The smallest absolute Gasteiger partial charge is 0.126 e. The third-order valence-electron chi connectivity index (χ3n) is 2.61. The zero-order chi connectivity index (χ0) is 12.5. The maximum atomic E-state index is 13.0. The Morgan fingerprint density at radius 3 is 2.76 bits per heavy atom. The van der Waals surface area contributed by atoms with Crippen LogP contribution in [-0.4, -0.2) is 26.3 Å². The molecule has 0 bridgehead atoms. The largest absolute Gasteiger partial charge is 0.380 e. The molecule has 1 aromatic carbocycles. The highest BCUT2D eigenvalue weighted by Crippen LogP contribution is 2.09. The normalized spacial score (nSPS) is 10.8. The van der Waals surface area contributed by atoms with Crippen LogP contribution in [0.4, 0.5) is 4.39 Å². The van der Waals surface area contributed by atoms with Crippen molar-refractivity contribution >= 4 is 0 Å². The average molecular weight is 239 g/mol. The number of ether oxygens (including phenoxy) is 1. The summed E-state index contributed by atoms with van der Waals surface area (Å²) in [7, 11) is 0. The Bertz CT molecular complexity index is 328. The molecule has 0 radical (unpaired) electrons. The third-order valence-corrected chi connectivity index (χ3v) is 2.61. The number of nitrogens with one attached hydrogen (secondary N) is 1. The van der Waals surface area contributed by atoms with E-state index >= 15 is 0 Å². The lowest BCUT2D eigenvalue weighted by molar-refractivity contribution is 0.139. The van der Waals surface area contributed by atoms with Crippen LogP contribution in [0.25, 0.3) is 0 Å². The second-order valence-electron chi connectivity index (χ2n) is 4.20. The summed E-state index contributed by atoms with van der Waals surface area (Å²) < 4.78 is 18.5. The van der Waals surface area contributed by atoms with Crippen LogP contribution < -0.4 is 5.32 Å². The first-order valence-corrected chi connectivity index (χ1v) is 6.27. The third kappa shape index (κ3) is 5.80. The fourth-order valence-corrected chi connectivity index (χ4v) is 1.60. The van der Waals surface area contributed by atoms with E-state index in [1.807, 2.05) is 12.1 Å². The highest BCUT2D eigenvalue weighted by atomic mass is 19.1. The van der Waals surface area contributed by atoms with Gasteiger partial charge < -0.3 is 10.1 Å². The lowest BCUT2D eigenvalue weighted by atomic mass is 10.1. The van der Waals surface area contributed by atoms with E-state index in [1.165, 1.54) is 6.07 Å². The summed E-state index contributed by atoms with van der Waals surface area (Å²) in [5, 5.41) is 3.28. The highest BCUT2D eigenvalue weighted by Gasteiger charge is 1.99. The summed E-state index contributed by atoms with van der Waals surface area (Å²) in [6, 6.07) is 5.22. The van der Waals surface area contributed by atoms with Crippen molar-refractivity contribution in [2.45, 2.75) is 26.7 Å². The summed E-state index contributed by atoms with van der Waals surface area (Å²) in [6.45, 7) is 7.30. The van der Waals surface area contributed by atoms with Gasteiger partial charge in [-0.05, 0) is 43.5 Å². The van der Waals surface area contributed by atoms with Crippen molar-refractivity contribution in [3.63, 3.8) is 0 Å². The highest BCUT2D eigenvalue weighted by molar-refractivity contribution is 5.23. The molecule has 0 fully saturated rings. The van der Waals surface area contributed by atoms with E-state index in [2.05, 4.69) is 12.2 Å². The Labute approximate surface area is 103 Å². The summed E-state index contributed by atoms with van der Waals surface area (Å²) in [4.78, 5) is 0. The maximum Gasteiger partial charge on any atom is 0.126 e. The van der Waals surface area contributed by atoms with Gasteiger partial charge >= 0.3 is 0 Å². The first-order chi connectivity index (χ1) is 8.24. The van der Waals surface area contributed by atoms with Crippen molar-refractivity contribution in [1.82, 2.24) is 5.32 Å². The average Bonchev–Trinajstić information content (AvgIpc) is 2.32. The summed E-state index contributed by atoms with van der Waals surface area (Å²) >= 11 is 0. The monoisotopic (exact) mass is 239 g/mol. The first kappa shape index (κ1) is 14.1. The molecular formula is C14H22FNO. The lowest BCUT2D eigenvalue weighted by Gasteiger charge is -2.06. The molecule has 0 unspecified atom stereocenters. The minimum atomic E-state index is -0.140. The molecule has 0 spiro atoms. The molecule has 0 aliphatic heterocycles. The number of halogens is 1. The molecule has 0 aromatic heterocycles. The van der Waals surface area contributed by atoms with Crippen LogP contribution in [0.2, 0.25) is 0 Å². The van der Waals surface area contributed by atoms with Crippen LogP contribution in [0.5, 0.6) is 0 Å². The molecule has 0 aliphatic rings. The molecule has 1 aromatic rings. The fourth-order valence-electron chi connectivity index (χ4n) is 1.60. The number of aryl methyl sites for hydroxylation is 1. The van der Waals surface area contributed by atoms with Crippen LogP contribution in [0.15, 0.2) is 18.2 Å². The SMILES string of the molecule is CCCNCCOCCc1ccc(F)c(C)c1. The molecule has 96 valence electrons. The van der Waals surface area contributed by atoms with Crippen molar-refractivity contribution in [2.24, 2.45) is 0 Å². The van der Waals surface area contributed by atoms with Gasteiger partial charge in [-0.2, -0.15) is 0 Å². The number of hydrogen-bond acceptors (Lipinski definition) is 2. The topological polar surface area (TPSA) is 21.3 Å². The number of rotatable bonds is 8. The van der Waals surface area contributed by atoms with Crippen molar-refractivity contribution in [2.75, 3.05) is 26.3 Å². The quantitative estimate of drug-likeness (QED) is 0.704. The van der Waals surface area contributed by atoms with Crippen LogP contribution in [0, 0.1) is 12.7 Å². The van der Waals surface area contributed by atoms with Crippen LogP contribution >= 0.6 is 0 Å². The van der Waals surface area contributed by atoms with Gasteiger partial charge in [-0.1, -0.05) is 19.1 Å². The predicted molar refractivity (Wildman–Crippen MR) is 68.8 cm³/mol. The van der Waals surface area contributed by atoms with E-state index < -0.39 is 0 Å². The van der Waals surface area contributed by atoms with Crippen molar-refractivity contribution in [3.05, 3.63) is 35.1 Å². The van der Waals surface area contributed by atoms with Crippen LogP contribution in [0.3, 0.4) is 0 Å². The molecule has 0 atom stereocenters. The molecule has 0 saturated heterocycles. The maximum absolute atomic E-state index is 13.0. The Balaban J connectivity index is 2.11. The van der Waals surface area contributed by atoms with Crippen molar-refractivity contribution in [3.8, 4) is 0 Å². The Morgan fingerprint density at radius 1 is 1.24 bits per heavy atom. The molecular weight excluding hydrogens is 217 g/mol. The van der Waals surface area contributed by atoms with Crippen molar-refractivity contribution < 1.29 is 9.13 Å². The summed E-state index contributed by atoms with van der Waals surface area (Å²) in [5.74, 6) is -0.140. The fraction of sp³-hybridized carbons (Fsp3) is 0.571. The minimum Gasteiger partial charge on any atom is -0.380 e. The van der Waals surface area contributed by atoms with E-state index in [0.717, 1.165) is 38.1 Å². The van der Waals surface area contributed by atoms with Gasteiger partial charge in [-0.25, -0.2) is 4.39 Å². The molecule has 1 N–H and O–H groups in total. The molecule has 0 aliphatic carbocycles. The number of hydrogen-bond donors (Lipinski definition) is 1. The molecule has 0 heterocycles. The summed E-state index contributed by atoms with van der Waals surface area (Å²) in [6.07, 6.45) is 1.99. The molecule has 17 heavy (non-hydrogen) atoms. The molecule has 0 amide bonds. The van der Waals surface area contributed by atoms with Gasteiger partial charge in [-0.15, -0.1) is 0 Å². The Morgan fingerprint density at radius 2 is 2.06 bits per heavy atom. The van der Waals surface area contributed by atoms with Gasteiger partial charge in [0.1, 0.15) is 5.82 Å². The zero-order valence-electron chi connectivity index (χ0n) is 10.8. The van der Waals surface area contributed by atoms with E-state index in [1.54, 1.807) is 6.92 Å². The van der Waals surface area contributed by atoms with Crippen LogP contribution in [0.1, 0.15) is 24.5 Å². The van der Waals surface area contributed by atoms with Gasteiger partial charge in [0.2, 0.25) is 0 Å². The predicted octanol–water partition coefficient (Wildman–Crippen LogP) is 2.69. The van der Waals surface area contributed by atoms with Crippen LogP contribution in [-0.2, 0) is 11.2 Å².